The van der Waals surface area contributed by atoms with Gasteiger partial charge in [0.15, 0.2) is 0 Å². The van der Waals surface area contributed by atoms with Crippen molar-refractivity contribution in [2.75, 3.05) is 0 Å². The third-order valence-electron chi connectivity index (χ3n) is 4.47. The first-order valence-electron chi connectivity index (χ1n) is 6.94. The van der Waals surface area contributed by atoms with Crippen molar-refractivity contribution < 1.29 is 0 Å². The molecule has 0 aliphatic heterocycles. The van der Waals surface area contributed by atoms with Gasteiger partial charge in [0.1, 0.15) is 0 Å². The van der Waals surface area contributed by atoms with E-state index in [0.717, 1.165) is 16.7 Å². The van der Waals surface area contributed by atoms with Gasteiger partial charge >= 0.3 is 0 Å². The van der Waals surface area contributed by atoms with Crippen molar-refractivity contribution in [3.8, 4) is 0 Å². The molecule has 18 heavy (non-hydrogen) atoms. The van der Waals surface area contributed by atoms with Gasteiger partial charge in [0, 0.05) is 6.54 Å². The van der Waals surface area contributed by atoms with Crippen LogP contribution in [0, 0.1) is 11.3 Å². The molecule has 2 N–H and O–H groups in total. The summed E-state index contributed by atoms with van der Waals surface area (Å²) in [6, 6.07) is 0.0807. The zero-order valence-electron chi connectivity index (χ0n) is 11.6. The van der Waals surface area contributed by atoms with E-state index in [1.54, 1.807) is 0 Å². The Morgan fingerprint density at radius 1 is 1.56 bits per heavy atom. The van der Waals surface area contributed by atoms with Gasteiger partial charge in [-0.05, 0) is 47.0 Å². The van der Waals surface area contributed by atoms with E-state index in [4.69, 9.17) is 5.73 Å². The third-order valence-corrected chi connectivity index (χ3v) is 5.08. The summed E-state index contributed by atoms with van der Waals surface area (Å²) in [6.07, 6.45) is 7.03. The van der Waals surface area contributed by atoms with Gasteiger partial charge in [-0.15, -0.1) is 0 Å². The Labute approximate surface area is 118 Å². The third kappa shape index (κ3) is 2.50. The predicted molar refractivity (Wildman–Crippen MR) is 78.3 cm³/mol. The van der Waals surface area contributed by atoms with E-state index in [2.05, 4.69) is 41.8 Å². The molecule has 2 rings (SSSR count). The van der Waals surface area contributed by atoms with E-state index in [0.29, 0.717) is 11.3 Å². The van der Waals surface area contributed by atoms with Crippen LogP contribution in [0.1, 0.15) is 58.2 Å². The highest BCUT2D eigenvalue weighted by Crippen LogP contribution is 2.46. The summed E-state index contributed by atoms with van der Waals surface area (Å²) in [4.78, 5) is 0. The van der Waals surface area contributed by atoms with Crippen molar-refractivity contribution in [1.82, 2.24) is 9.78 Å². The lowest BCUT2D eigenvalue weighted by Gasteiger charge is -2.42. The fourth-order valence-electron chi connectivity index (χ4n) is 3.33. The first-order valence-corrected chi connectivity index (χ1v) is 7.73. The molecule has 0 aromatic carbocycles. The summed E-state index contributed by atoms with van der Waals surface area (Å²) in [6.45, 7) is 7.71. The van der Waals surface area contributed by atoms with Gasteiger partial charge in [0.05, 0.1) is 22.4 Å². The SMILES string of the molecule is CCn1ncc(Br)c1C(N)C1CCCCC1(C)C. The molecular formula is C14H24BrN3. The van der Waals surface area contributed by atoms with Crippen LogP contribution < -0.4 is 5.73 Å². The average Bonchev–Trinajstić information content (AvgIpc) is 2.69. The number of rotatable bonds is 3. The minimum atomic E-state index is 0.0807. The van der Waals surface area contributed by atoms with Crippen LogP contribution >= 0.6 is 15.9 Å². The number of hydrogen-bond acceptors (Lipinski definition) is 2. The fraction of sp³-hybridized carbons (Fsp3) is 0.786. The van der Waals surface area contributed by atoms with Gasteiger partial charge in [-0.2, -0.15) is 5.10 Å². The highest BCUT2D eigenvalue weighted by Gasteiger charge is 2.38. The quantitative estimate of drug-likeness (QED) is 0.920. The number of aromatic nitrogens is 2. The van der Waals surface area contributed by atoms with Crippen molar-refractivity contribution in [3.63, 3.8) is 0 Å². The van der Waals surface area contributed by atoms with Crippen molar-refractivity contribution in [3.05, 3.63) is 16.4 Å². The summed E-state index contributed by atoms with van der Waals surface area (Å²) in [5.74, 6) is 0.546. The molecule has 1 fully saturated rings. The normalized spacial score (nSPS) is 25.1. The Bertz CT molecular complexity index is 411. The molecule has 2 unspecified atom stereocenters. The lowest BCUT2D eigenvalue weighted by atomic mass is 9.65. The highest BCUT2D eigenvalue weighted by molar-refractivity contribution is 9.10. The molecule has 0 spiro atoms. The summed E-state index contributed by atoms with van der Waals surface area (Å²) in [5.41, 5.74) is 8.07. The van der Waals surface area contributed by atoms with Crippen molar-refractivity contribution in [2.24, 2.45) is 17.1 Å². The first-order chi connectivity index (χ1) is 8.47. The van der Waals surface area contributed by atoms with E-state index in [9.17, 15) is 0 Å². The average molecular weight is 314 g/mol. The molecule has 0 bridgehead atoms. The van der Waals surface area contributed by atoms with Crippen LogP contribution in [0.2, 0.25) is 0 Å². The Hall–Kier alpha value is -0.350. The molecule has 1 aliphatic rings. The Kier molecular flexibility index (Phi) is 4.17. The summed E-state index contributed by atoms with van der Waals surface area (Å²) >= 11 is 3.60. The van der Waals surface area contributed by atoms with Crippen LogP contribution in [0.15, 0.2) is 10.7 Å². The maximum Gasteiger partial charge on any atom is 0.0696 e. The smallest absolute Gasteiger partial charge is 0.0696 e. The highest BCUT2D eigenvalue weighted by atomic mass is 79.9. The van der Waals surface area contributed by atoms with E-state index < -0.39 is 0 Å². The van der Waals surface area contributed by atoms with Crippen molar-refractivity contribution in [1.29, 1.82) is 0 Å². The second-order valence-corrected chi connectivity index (χ2v) is 6.91. The minimum absolute atomic E-state index is 0.0807. The molecule has 102 valence electrons. The molecular weight excluding hydrogens is 290 g/mol. The fourth-order valence-corrected chi connectivity index (χ4v) is 3.89. The molecule has 2 atom stereocenters. The molecule has 1 aliphatic carbocycles. The number of hydrogen-bond donors (Lipinski definition) is 1. The maximum absolute atomic E-state index is 6.58. The zero-order valence-corrected chi connectivity index (χ0v) is 13.2. The molecule has 0 amide bonds. The molecule has 1 saturated carbocycles. The second-order valence-electron chi connectivity index (χ2n) is 6.06. The standard InChI is InChI=1S/C14H24BrN3/c1-4-18-13(11(15)9-17-18)12(16)10-7-5-6-8-14(10,2)3/h9-10,12H,4-8,16H2,1-3H3. The van der Waals surface area contributed by atoms with Gasteiger partial charge in [0.2, 0.25) is 0 Å². The number of aryl methyl sites for hydroxylation is 1. The number of nitrogens with zero attached hydrogens (tertiary/aromatic N) is 2. The first kappa shape index (κ1) is 14.1. The van der Waals surface area contributed by atoms with Crippen molar-refractivity contribution in [2.45, 2.75) is 59.0 Å². The molecule has 3 nitrogen and oxygen atoms in total. The van der Waals surface area contributed by atoms with Crippen LogP contribution in [0.25, 0.3) is 0 Å². The van der Waals surface area contributed by atoms with E-state index in [1.807, 2.05) is 10.9 Å². The molecule has 1 aromatic heterocycles. The molecule has 0 radical (unpaired) electrons. The predicted octanol–water partition coefficient (Wildman–Crippen LogP) is 3.88. The van der Waals surface area contributed by atoms with Gasteiger partial charge < -0.3 is 5.73 Å². The topological polar surface area (TPSA) is 43.8 Å². The monoisotopic (exact) mass is 313 g/mol. The van der Waals surface area contributed by atoms with Gasteiger partial charge in [-0.25, -0.2) is 0 Å². The summed E-state index contributed by atoms with van der Waals surface area (Å²) < 4.78 is 3.08. The number of nitrogens with two attached hydrogens (primary N) is 1. The van der Waals surface area contributed by atoms with Crippen LogP contribution in [0.4, 0.5) is 0 Å². The Balaban J connectivity index is 2.29. The van der Waals surface area contributed by atoms with Crippen LogP contribution in [-0.4, -0.2) is 9.78 Å². The van der Waals surface area contributed by atoms with Gasteiger partial charge in [-0.3, -0.25) is 4.68 Å². The van der Waals surface area contributed by atoms with Gasteiger partial charge in [-0.1, -0.05) is 26.7 Å². The summed E-state index contributed by atoms with van der Waals surface area (Å²) in [5, 5.41) is 4.39. The van der Waals surface area contributed by atoms with Gasteiger partial charge in [0.25, 0.3) is 0 Å². The van der Waals surface area contributed by atoms with Crippen LogP contribution in [0.3, 0.4) is 0 Å². The number of halogens is 1. The van der Waals surface area contributed by atoms with Crippen LogP contribution in [-0.2, 0) is 6.54 Å². The molecule has 4 heteroatoms. The lowest BCUT2D eigenvalue weighted by Crippen LogP contribution is -2.37. The van der Waals surface area contributed by atoms with Crippen molar-refractivity contribution >= 4 is 15.9 Å². The van der Waals surface area contributed by atoms with E-state index >= 15 is 0 Å². The largest absolute Gasteiger partial charge is 0.322 e. The molecule has 1 heterocycles. The Morgan fingerprint density at radius 3 is 2.89 bits per heavy atom. The maximum atomic E-state index is 6.58. The zero-order chi connectivity index (χ0) is 13.3. The molecule has 0 saturated heterocycles. The van der Waals surface area contributed by atoms with E-state index in [1.165, 1.54) is 25.7 Å². The van der Waals surface area contributed by atoms with E-state index in [-0.39, 0.29) is 6.04 Å². The molecule has 1 aromatic rings. The second kappa shape index (κ2) is 5.33. The lowest BCUT2D eigenvalue weighted by molar-refractivity contribution is 0.109. The Morgan fingerprint density at radius 2 is 2.28 bits per heavy atom. The minimum Gasteiger partial charge on any atom is -0.322 e. The van der Waals surface area contributed by atoms with Crippen LogP contribution in [0.5, 0.6) is 0 Å². The summed E-state index contributed by atoms with van der Waals surface area (Å²) in [7, 11) is 0.